The van der Waals surface area contributed by atoms with Crippen molar-refractivity contribution in [3.05, 3.63) is 30.0 Å². The molecular weight excluding hydrogens is 268 g/mol. The quantitative estimate of drug-likeness (QED) is 0.886. The first kappa shape index (κ1) is 13.7. The van der Waals surface area contributed by atoms with Crippen LogP contribution in [0.1, 0.15) is 18.5 Å². The molecule has 1 fully saturated rings. The highest BCUT2D eigenvalue weighted by Gasteiger charge is 2.30. The Labute approximate surface area is 122 Å². The number of anilines is 1. The van der Waals surface area contributed by atoms with Crippen LogP contribution < -0.4 is 5.32 Å². The summed E-state index contributed by atoms with van der Waals surface area (Å²) in [6, 6.07) is 9.54. The Balaban J connectivity index is 1.90. The van der Waals surface area contributed by atoms with E-state index < -0.39 is 5.60 Å². The van der Waals surface area contributed by atoms with Gasteiger partial charge in [0.05, 0.1) is 16.8 Å². The van der Waals surface area contributed by atoms with Crippen LogP contribution in [0.5, 0.6) is 0 Å². The second-order valence-electron chi connectivity index (χ2n) is 5.24. The molecule has 6 heteroatoms. The van der Waals surface area contributed by atoms with Crippen LogP contribution in [0.15, 0.2) is 24.3 Å². The molecule has 0 bridgehead atoms. The lowest BCUT2D eigenvalue weighted by atomic mass is 9.94. The Morgan fingerprint density at radius 1 is 1.29 bits per heavy atom. The van der Waals surface area contributed by atoms with Crippen molar-refractivity contribution >= 4 is 16.6 Å². The van der Waals surface area contributed by atoms with Crippen LogP contribution in [0.2, 0.25) is 0 Å². The maximum atomic E-state index is 10.5. The SMILES string of the molecule is N#Cc1nnc2ccccc2c1NCC1(O)CCOCC1. The largest absolute Gasteiger partial charge is 0.388 e. The zero-order valence-electron chi connectivity index (χ0n) is 11.5. The molecule has 0 radical (unpaired) electrons. The van der Waals surface area contributed by atoms with Crippen LogP contribution in [-0.4, -0.2) is 40.7 Å². The Hall–Kier alpha value is -2.23. The van der Waals surface area contributed by atoms with Gasteiger partial charge in [0, 0.05) is 38.0 Å². The maximum absolute atomic E-state index is 10.5. The van der Waals surface area contributed by atoms with Gasteiger partial charge < -0.3 is 15.2 Å². The molecule has 0 atom stereocenters. The van der Waals surface area contributed by atoms with E-state index in [1.807, 2.05) is 30.3 Å². The number of ether oxygens (including phenoxy) is 1. The fourth-order valence-electron chi connectivity index (χ4n) is 2.49. The molecule has 1 aromatic heterocycles. The molecule has 2 heterocycles. The van der Waals surface area contributed by atoms with Crippen molar-refractivity contribution in [2.75, 3.05) is 25.1 Å². The maximum Gasteiger partial charge on any atom is 0.186 e. The second-order valence-corrected chi connectivity index (χ2v) is 5.24. The van der Waals surface area contributed by atoms with Crippen LogP contribution in [0.25, 0.3) is 10.9 Å². The summed E-state index contributed by atoms with van der Waals surface area (Å²) in [5, 5.41) is 31.7. The van der Waals surface area contributed by atoms with E-state index in [9.17, 15) is 10.4 Å². The Kier molecular flexibility index (Phi) is 3.69. The van der Waals surface area contributed by atoms with Crippen molar-refractivity contribution in [1.29, 1.82) is 5.26 Å². The van der Waals surface area contributed by atoms with E-state index in [4.69, 9.17) is 4.74 Å². The van der Waals surface area contributed by atoms with Gasteiger partial charge >= 0.3 is 0 Å². The molecule has 0 aliphatic carbocycles. The predicted molar refractivity (Wildman–Crippen MR) is 77.7 cm³/mol. The van der Waals surface area contributed by atoms with E-state index in [1.165, 1.54) is 0 Å². The highest BCUT2D eigenvalue weighted by Crippen LogP contribution is 2.26. The van der Waals surface area contributed by atoms with E-state index in [-0.39, 0.29) is 5.69 Å². The third-order valence-corrected chi connectivity index (χ3v) is 3.79. The monoisotopic (exact) mass is 284 g/mol. The first-order chi connectivity index (χ1) is 10.2. The Morgan fingerprint density at radius 3 is 2.81 bits per heavy atom. The van der Waals surface area contributed by atoms with E-state index in [0.29, 0.717) is 38.3 Å². The lowest BCUT2D eigenvalue weighted by Gasteiger charge is -2.32. The average molecular weight is 284 g/mol. The van der Waals surface area contributed by atoms with E-state index in [2.05, 4.69) is 15.5 Å². The summed E-state index contributed by atoms with van der Waals surface area (Å²) >= 11 is 0. The van der Waals surface area contributed by atoms with Gasteiger partial charge in [-0.1, -0.05) is 18.2 Å². The zero-order chi connectivity index (χ0) is 14.7. The summed E-state index contributed by atoms with van der Waals surface area (Å²) in [5.41, 5.74) is 0.778. The summed E-state index contributed by atoms with van der Waals surface area (Å²) in [7, 11) is 0. The molecule has 3 rings (SSSR count). The molecule has 0 spiro atoms. The molecule has 21 heavy (non-hydrogen) atoms. The van der Waals surface area contributed by atoms with Gasteiger partial charge in [0.15, 0.2) is 5.69 Å². The van der Waals surface area contributed by atoms with Gasteiger partial charge in [0.2, 0.25) is 0 Å². The van der Waals surface area contributed by atoms with Crippen LogP contribution in [-0.2, 0) is 4.74 Å². The van der Waals surface area contributed by atoms with Gasteiger partial charge in [-0.25, -0.2) is 0 Å². The number of aromatic nitrogens is 2. The van der Waals surface area contributed by atoms with Gasteiger partial charge in [-0.05, 0) is 6.07 Å². The van der Waals surface area contributed by atoms with Crippen molar-refractivity contribution in [1.82, 2.24) is 10.2 Å². The molecule has 1 saturated heterocycles. The first-order valence-corrected chi connectivity index (χ1v) is 6.91. The molecule has 2 aromatic rings. The molecule has 2 N–H and O–H groups in total. The van der Waals surface area contributed by atoms with Crippen LogP contribution >= 0.6 is 0 Å². The number of hydrogen-bond donors (Lipinski definition) is 2. The topological polar surface area (TPSA) is 91.1 Å². The number of nitrogens with one attached hydrogen (secondary N) is 1. The van der Waals surface area contributed by atoms with Crippen LogP contribution in [0, 0.1) is 11.3 Å². The van der Waals surface area contributed by atoms with Crippen LogP contribution in [0.3, 0.4) is 0 Å². The number of nitrogens with zero attached hydrogens (tertiary/aromatic N) is 3. The summed E-state index contributed by atoms with van der Waals surface area (Å²) in [5.74, 6) is 0. The number of aliphatic hydroxyl groups is 1. The van der Waals surface area contributed by atoms with Gasteiger partial charge in [-0.2, -0.15) is 5.26 Å². The van der Waals surface area contributed by atoms with E-state index >= 15 is 0 Å². The van der Waals surface area contributed by atoms with E-state index in [1.54, 1.807) is 0 Å². The third-order valence-electron chi connectivity index (χ3n) is 3.79. The number of nitriles is 1. The average Bonchev–Trinajstić information content (AvgIpc) is 2.53. The Morgan fingerprint density at radius 2 is 2.05 bits per heavy atom. The third kappa shape index (κ3) is 2.79. The molecule has 0 amide bonds. The fourth-order valence-corrected chi connectivity index (χ4v) is 2.49. The van der Waals surface area contributed by atoms with Gasteiger partial charge in [0.1, 0.15) is 6.07 Å². The molecule has 6 nitrogen and oxygen atoms in total. The molecule has 1 aliphatic heterocycles. The van der Waals surface area contributed by atoms with Crippen molar-refractivity contribution < 1.29 is 9.84 Å². The minimum atomic E-state index is -0.810. The number of fused-ring (bicyclic) bond motifs is 1. The molecule has 1 aromatic carbocycles. The molecule has 108 valence electrons. The fraction of sp³-hybridized carbons (Fsp3) is 0.400. The molecule has 1 aliphatic rings. The zero-order valence-corrected chi connectivity index (χ0v) is 11.5. The minimum Gasteiger partial charge on any atom is -0.388 e. The normalized spacial score (nSPS) is 17.3. The summed E-state index contributed by atoms with van der Waals surface area (Å²) in [4.78, 5) is 0. The van der Waals surface area contributed by atoms with Gasteiger partial charge in [-0.3, -0.25) is 0 Å². The van der Waals surface area contributed by atoms with Crippen LogP contribution in [0.4, 0.5) is 5.69 Å². The number of rotatable bonds is 3. The second kappa shape index (κ2) is 5.64. The molecule has 0 saturated carbocycles. The van der Waals surface area contributed by atoms with Gasteiger partial charge in [-0.15, -0.1) is 10.2 Å². The van der Waals surface area contributed by atoms with Crippen molar-refractivity contribution in [2.24, 2.45) is 0 Å². The standard InChI is InChI=1S/C15H16N4O2/c16-9-13-14(11-3-1-2-4-12(11)18-19-13)17-10-15(20)5-7-21-8-6-15/h1-4,20H,5-8,10H2,(H,17,18). The molecule has 0 unspecified atom stereocenters. The molecular formula is C15H16N4O2. The highest BCUT2D eigenvalue weighted by atomic mass is 16.5. The summed E-state index contributed by atoms with van der Waals surface area (Å²) in [6.45, 7) is 1.47. The van der Waals surface area contributed by atoms with Crippen molar-refractivity contribution in [2.45, 2.75) is 18.4 Å². The number of hydrogen-bond acceptors (Lipinski definition) is 6. The van der Waals surface area contributed by atoms with Gasteiger partial charge in [0.25, 0.3) is 0 Å². The Bertz CT molecular complexity index is 690. The summed E-state index contributed by atoms with van der Waals surface area (Å²) < 4.78 is 5.27. The predicted octanol–water partition coefficient (Wildman–Crippen LogP) is 1.45. The van der Waals surface area contributed by atoms with Crippen molar-refractivity contribution in [3.8, 4) is 6.07 Å². The van der Waals surface area contributed by atoms with E-state index in [0.717, 1.165) is 10.9 Å². The minimum absolute atomic E-state index is 0.240. The van der Waals surface area contributed by atoms with Crippen molar-refractivity contribution in [3.63, 3.8) is 0 Å². The lowest BCUT2D eigenvalue weighted by molar-refractivity contribution is -0.0543. The highest BCUT2D eigenvalue weighted by molar-refractivity contribution is 5.92. The summed E-state index contributed by atoms with van der Waals surface area (Å²) in [6.07, 6.45) is 1.16. The number of benzene rings is 1. The first-order valence-electron chi connectivity index (χ1n) is 6.91. The smallest absolute Gasteiger partial charge is 0.186 e. The lowest BCUT2D eigenvalue weighted by Crippen LogP contribution is -2.42.